The smallest absolute Gasteiger partial charge is 0.338 e. The average molecular weight is 383 g/mol. The molecule has 2 aromatic carbocycles. The Morgan fingerprint density at radius 1 is 1.15 bits per heavy atom. The number of rotatable bonds is 4. The fourth-order valence-electron chi connectivity index (χ4n) is 4.11. The zero-order valence-electron chi connectivity index (χ0n) is 15.1. The second-order valence-corrected chi connectivity index (χ2v) is 9.20. The van der Waals surface area contributed by atoms with Gasteiger partial charge in [0.15, 0.2) is 9.84 Å². The minimum Gasteiger partial charge on any atom is -0.478 e. The Hall–Kier alpha value is -2.60. The van der Waals surface area contributed by atoms with Crippen LogP contribution in [0, 0.1) is 6.92 Å². The van der Waals surface area contributed by atoms with E-state index < -0.39 is 15.8 Å². The standard InChI is InChI=1S/C21H21NO4S/c1-14-8-10-16(11-9-14)27(25,26)13-15-5-4-12-22-18-7-3-2-6-17(18)19(20(15)22)21(23)24/h2-3,6-11,15H,4-5,12-13H2,1H3,(H,23,24). The van der Waals surface area contributed by atoms with E-state index in [4.69, 9.17) is 0 Å². The molecule has 0 amide bonds. The Morgan fingerprint density at radius 2 is 1.85 bits per heavy atom. The van der Waals surface area contributed by atoms with E-state index in [9.17, 15) is 18.3 Å². The zero-order valence-corrected chi connectivity index (χ0v) is 15.9. The van der Waals surface area contributed by atoms with Crippen molar-refractivity contribution in [3.05, 3.63) is 65.4 Å². The van der Waals surface area contributed by atoms with Crippen LogP contribution >= 0.6 is 0 Å². The number of para-hydroxylation sites is 1. The van der Waals surface area contributed by atoms with E-state index in [-0.39, 0.29) is 17.2 Å². The molecule has 6 heteroatoms. The van der Waals surface area contributed by atoms with Gasteiger partial charge in [0, 0.05) is 29.1 Å². The molecule has 0 radical (unpaired) electrons. The fourth-order valence-corrected chi connectivity index (χ4v) is 5.71. The predicted octanol–water partition coefficient (Wildman–Crippen LogP) is 4.00. The summed E-state index contributed by atoms with van der Waals surface area (Å²) in [5, 5.41) is 10.5. The highest BCUT2D eigenvalue weighted by molar-refractivity contribution is 7.91. The van der Waals surface area contributed by atoms with E-state index in [2.05, 4.69) is 0 Å². The molecule has 140 valence electrons. The Labute approximate surface area is 158 Å². The van der Waals surface area contributed by atoms with Gasteiger partial charge in [0.05, 0.1) is 16.2 Å². The Balaban J connectivity index is 1.82. The third-order valence-electron chi connectivity index (χ3n) is 5.35. The zero-order chi connectivity index (χ0) is 19.2. The summed E-state index contributed by atoms with van der Waals surface area (Å²) >= 11 is 0. The van der Waals surface area contributed by atoms with Crippen molar-refractivity contribution < 1.29 is 18.3 Å². The lowest BCUT2D eigenvalue weighted by Gasteiger charge is -2.26. The summed E-state index contributed by atoms with van der Waals surface area (Å²) in [4.78, 5) is 12.3. The van der Waals surface area contributed by atoms with Crippen LogP contribution in [-0.2, 0) is 16.4 Å². The van der Waals surface area contributed by atoms with E-state index in [1.807, 2.05) is 29.7 Å². The van der Waals surface area contributed by atoms with E-state index >= 15 is 0 Å². The predicted molar refractivity (Wildman–Crippen MR) is 104 cm³/mol. The van der Waals surface area contributed by atoms with Crippen molar-refractivity contribution in [2.45, 2.75) is 37.1 Å². The molecule has 4 rings (SSSR count). The number of sulfone groups is 1. The third kappa shape index (κ3) is 3.04. The maximum absolute atomic E-state index is 13.0. The van der Waals surface area contributed by atoms with Crippen LogP contribution < -0.4 is 0 Å². The van der Waals surface area contributed by atoms with Crippen LogP contribution in [0.3, 0.4) is 0 Å². The van der Waals surface area contributed by atoms with Crippen molar-refractivity contribution in [1.29, 1.82) is 0 Å². The number of hydrogen-bond donors (Lipinski definition) is 1. The summed E-state index contributed by atoms with van der Waals surface area (Å²) in [5.74, 6) is -1.41. The molecule has 1 unspecified atom stereocenters. The summed E-state index contributed by atoms with van der Waals surface area (Å²) in [7, 11) is -3.51. The molecule has 0 aliphatic carbocycles. The largest absolute Gasteiger partial charge is 0.478 e. The van der Waals surface area contributed by atoms with Crippen molar-refractivity contribution in [2.24, 2.45) is 0 Å². The van der Waals surface area contributed by atoms with Crippen LogP contribution in [0.4, 0.5) is 0 Å². The monoisotopic (exact) mass is 383 g/mol. The fraction of sp³-hybridized carbons (Fsp3) is 0.286. The molecule has 1 aromatic heterocycles. The first-order valence-electron chi connectivity index (χ1n) is 9.02. The summed E-state index contributed by atoms with van der Waals surface area (Å²) in [5.41, 5.74) is 2.75. The van der Waals surface area contributed by atoms with Crippen molar-refractivity contribution in [3.8, 4) is 0 Å². The number of nitrogens with zero attached hydrogens (tertiary/aromatic N) is 1. The van der Waals surface area contributed by atoms with Gasteiger partial charge in [-0.15, -0.1) is 0 Å². The molecule has 5 nitrogen and oxygen atoms in total. The first kappa shape index (κ1) is 17.8. The minimum atomic E-state index is -3.51. The van der Waals surface area contributed by atoms with Crippen LogP contribution in [-0.4, -0.2) is 29.8 Å². The number of hydrogen-bond acceptors (Lipinski definition) is 3. The number of carboxylic acid groups (broad SMARTS) is 1. The van der Waals surface area contributed by atoms with Crippen LogP contribution in [0.25, 0.3) is 10.9 Å². The number of benzene rings is 2. The molecule has 0 spiro atoms. The molecular formula is C21H21NO4S. The maximum Gasteiger partial charge on any atom is 0.338 e. The molecule has 0 bridgehead atoms. The maximum atomic E-state index is 13.0. The number of aryl methyl sites for hydroxylation is 2. The Bertz CT molecular complexity index is 1130. The SMILES string of the molecule is Cc1ccc(S(=O)(=O)CC2CCCn3c2c(C(=O)O)c2ccccc23)cc1. The third-order valence-corrected chi connectivity index (χ3v) is 7.18. The number of aromatic carboxylic acids is 1. The van der Waals surface area contributed by atoms with Gasteiger partial charge in [0.25, 0.3) is 0 Å². The van der Waals surface area contributed by atoms with E-state index in [1.165, 1.54) is 0 Å². The van der Waals surface area contributed by atoms with Gasteiger partial charge in [-0.3, -0.25) is 0 Å². The highest BCUT2D eigenvalue weighted by atomic mass is 32.2. The molecular weight excluding hydrogens is 362 g/mol. The topological polar surface area (TPSA) is 76.4 Å². The summed E-state index contributed by atoms with van der Waals surface area (Å²) in [6, 6.07) is 14.2. The molecule has 0 fully saturated rings. The lowest BCUT2D eigenvalue weighted by Crippen LogP contribution is -2.24. The lowest BCUT2D eigenvalue weighted by molar-refractivity contribution is 0.0696. The van der Waals surface area contributed by atoms with Crippen molar-refractivity contribution in [2.75, 3.05) is 5.75 Å². The Morgan fingerprint density at radius 3 is 2.56 bits per heavy atom. The van der Waals surface area contributed by atoms with Gasteiger partial charge < -0.3 is 9.67 Å². The second kappa shape index (κ2) is 6.53. The van der Waals surface area contributed by atoms with Gasteiger partial charge in [-0.25, -0.2) is 13.2 Å². The normalized spacial score (nSPS) is 17.0. The Kier molecular flexibility index (Phi) is 4.30. The first-order chi connectivity index (χ1) is 12.9. The number of carbonyl (C=O) groups is 1. The highest BCUT2D eigenvalue weighted by Gasteiger charge is 2.33. The first-order valence-corrected chi connectivity index (χ1v) is 10.7. The van der Waals surface area contributed by atoms with E-state index in [1.54, 1.807) is 30.3 Å². The average Bonchev–Trinajstić information content (AvgIpc) is 2.98. The lowest BCUT2D eigenvalue weighted by atomic mass is 9.94. The minimum absolute atomic E-state index is 0.0767. The number of fused-ring (bicyclic) bond motifs is 3. The number of aromatic nitrogens is 1. The van der Waals surface area contributed by atoms with E-state index in [0.717, 1.165) is 17.5 Å². The van der Waals surface area contributed by atoms with Gasteiger partial charge in [0.1, 0.15) is 0 Å². The molecule has 1 atom stereocenters. The molecule has 1 aliphatic heterocycles. The quantitative estimate of drug-likeness (QED) is 0.739. The van der Waals surface area contributed by atoms with Gasteiger partial charge in [0.2, 0.25) is 0 Å². The molecule has 1 aliphatic rings. The summed E-state index contributed by atoms with van der Waals surface area (Å²) in [6.45, 7) is 2.62. The van der Waals surface area contributed by atoms with Crippen LogP contribution in [0.2, 0.25) is 0 Å². The molecule has 3 aromatic rings. The molecule has 1 N–H and O–H groups in total. The highest BCUT2D eigenvalue weighted by Crippen LogP contribution is 2.38. The van der Waals surface area contributed by atoms with Gasteiger partial charge in [-0.2, -0.15) is 0 Å². The van der Waals surface area contributed by atoms with Gasteiger partial charge in [-0.1, -0.05) is 35.9 Å². The van der Waals surface area contributed by atoms with Crippen LogP contribution in [0.15, 0.2) is 53.4 Å². The molecule has 0 saturated heterocycles. The molecule has 0 saturated carbocycles. The van der Waals surface area contributed by atoms with Gasteiger partial charge >= 0.3 is 5.97 Å². The van der Waals surface area contributed by atoms with Crippen LogP contribution in [0.1, 0.15) is 40.4 Å². The van der Waals surface area contributed by atoms with Crippen LogP contribution in [0.5, 0.6) is 0 Å². The van der Waals surface area contributed by atoms with Crippen molar-refractivity contribution >= 4 is 26.7 Å². The number of carboxylic acids is 1. The summed E-state index contributed by atoms with van der Waals surface area (Å²) < 4.78 is 27.9. The molecule has 2 heterocycles. The van der Waals surface area contributed by atoms with Crippen molar-refractivity contribution in [3.63, 3.8) is 0 Å². The van der Waals surface area contributed by atoms with Gasteiger partial charge in [-0.05, 0) is 38.0 Å². The van der Waals surface area contributed by atoms with Crippen molar-refractivity contribution in [1.82, 2.24) is 4.57 Å². The van der Waals surface area contributed by atoms with E-state index in [0.29, 0.717) is 28.9 Å². The second-order valence-electron chi connectivity index (χ2n) is 7.17. The summed E-state index contributed by atoms with van der Waals surface area (Å²) in [6.07, 6.45) is 1.50. The molecule has 27 heavy (non-hydrogen) atoms.